The van der Waals surface area contributed by atoms with Crippen LogP contribution in [0.15, 0.2) is 16.7 Å². The Balaban J connectivity index is 3.20. The second-order valence-electron chi connectivity index (χ2n) is 2.05. The van der Waals surface area contributed by atoms with Crippen molar-refractivity contribution in [3.63, 3.8) is 0 Å². The lowest BCUT2D eigenvalue weighted by Gasteiger charge is -1.97. The zero-order valence-electron chi connectivity index (χ0n) is 5.90. The number of halogens is 1. The summed E-state index contributed by atoms with van der Waals surface area (Å²) < 4.78 is 0.608. The third-order valence-corrected chi connectivity index (χ3v) is 1.69. The SMILES string of the molecule is O=[N+]([O-])c1ncc(Br)cc1CO. The van der Waals surface area contributed by atoms with Crippen LogP contribution in [0.5, 0.6) is 0 Å². The number of aliphatic hydroxyl groups excluding tert-OH is 1. The van der Waals surface area contributed by atoms with Crippen molar-refractivity contribution >= 4 is 21.7 Å². The van der Waals surface area contributed by atoms with E-state index in [0.29, 0.717) is 4.47 Å². The number of aromatic nitrogens is 1. The average Bonchev–Trinajstić information content (AvgIpc) is 2.03. The lowest BCUT2D eigenvalue weighted by Crippen LogP contribution is -1.98. The molecule has 6 heteroatoms. The Bertz CT molecular complexity index is 316. The molecule has 0 amide bonds. The van der Waals surface area contributed by atoms with E-state index in [-0.39, 0.29) is 18.0 Å². The third kappa shape index (κ3) is 1.77. The Morgan fingerprint density at radius 1 is 1.75 bits per heavy atom. The monoisotopic (exact) mass is 232 g/mol. The predicted octanol–water partition coefficient (Wildman–Crippen LogP) is 1.24. The number of hydrogen-bond donors (Lipinski definition) is 1. The number of aliphatic hydroxyl groups is 1. The van der Waals surface area contributed by atoms with Crippen LogP contribution in [-0.4, -0.2) is 15.0 Å². The van der Waals surface area contributed by atoms with Gasteiger partial charge in [0.15, 0.2) is 6.20 Å². The predicted molar refractivity (Wildman–Crippen MR) is 44.5 cm³/mol. The van der Waals surface area contributed by atoms with Gasteiger partial charge < -0.3 is 15.2 Å². The maximum atomic E-state index is 10.3. The van der Waals surface area contributed by atoms with Gasteiger partial charge in [-0.25, -0.2) is 0 Å². The van der Waals surface area contributed by atoms with Crippen LogP contribution < -0.4 is 0 Å². The highest BCUT2D eigenvalue weighted by Crippen LogP contribution is 2.19. The highest BCUT2D eigenvalue weighted by Gasteiger charge is 2.14. The second-order valence-corrected chi connectivity index (χ2v) is 2.97. The molecular weight excluding hydrogens is 228 g/mol. The fourth-order valence-corrected chi connectivity index (χ4v) is 1.13. The lowest BCUT2D eigenvalue weighted by atomic mass is 10.3. The van der Waals surface area contributed by atoms with E-state index in [1.807, 2.05) is 0 Å². The Morgan fingerprint density at radius 3 is 2.92 bits per heavy atom. The first kappa shape index (κ1) is 9.08. The van der Waals surface area contributed by atoms with Gasteiger partial charge in [0.25, 0.3) is 0 Å². The van der Waals surface area contributed by atoms with E-state index in [2.05, 4.69) is 20.9 Å². The van der Waals surface area contributed by atoms with Crippen LogP contribution in [0.3, 0.4) is 0 Å². The van der Waals surface area contributed by atoms with Crippen LogP contribution in [0.4, 0.5) is 5.82 Å². The summed E-state index contributed by atoms with van der Waals surface area (Å²) in [6.45, 7) is -0.386. The van der Waals surface area contributed by atoms with Gasteiger partial charge in [-0.1, -0.05) is 0 Å². The minimum Gasteiger partial charge on any atom is -0.391 e. The standard InChI is InChI=1S/C6H5BrN2O3/c7-5-1-4(3-10)6(8-2-5)9(11)12/h1-2,10H,3H2. The van der Waals surface area contributed by atoms with Crippen LogP contribution in [0.1, 0.15) is 5.56 Å². The Hall–Kier alpha value is -1.01. The lowest BCUT2D eigenvalue weighted by molar-refractivity contribution is -0.390. The number of nitro groups is 1. The van der Waals surface area contributed by atoms with E-state index in [9.17, 15) is 10.1 Å². The molecular formula is C6H5BrN2O3. The van der Waals surface area contributed by atoms with Gasteiger partial charge in [0.2, 0.25) is 0 Å². The van der Waals surface area contributed by atoms with Crippen molar-refractivity contribution in [2.45, 2.75) is 6.61 Å². The van der Waals surface area contributed by atoms with Crippen molar-refractivity contribution in [2.75, 3.05) is 0 Å². The Morgan fingerprint density at radius 2 is 2.42 bits per heavy atom. The molecule has 0 aliphatic carbocycles. The number of nitrogens with zero attached hydrogens (tertiary/aromatic N) is 2. The summed E-state index contributed by atoms with van der Waals surface area (Å²) in [5.74, 6) is -0.305. The highest BCUT2D eigenvalue weighted by molar-refractivity contribution is 9.10. The normalized spacial score (nSPS) is 9.83. The number of hydrogen-bond acceptors (Lipinski definition) is 4. The molecule has 5 nitrogen and oxygen atoms in total. The van der Waals surface area contributed by atoms with Gasteiger partial charge in [0.05, 0.1) is 16.6 Å². The first-order valence-corrected chi connectivity index (χ1v) is 3.84. The molecule has 0 atom stereocenters. The van der Waals surface area contributed by atoms with Crippen molar-refractivity contribution in [3.05, 3.63) is 32.4 Å². The summed E-state index contributed by atoms with van der Waals surface area (Å²) in [4.78, 5) is 13.2. The van der Waals surface area contributed by atoms with E-state index < -0.39 is 4.92 Å². The van der Waals surface area contributed by atoms with Gasteiger partial charge in [-0.3, -0.25) is 0 Å². The van der Waals surface area contributed by atoms with Gasteiger partial charge in [-0.2, -0.15) is 0 Å². The smallest absolute Gasteiger partial charge is 0.369 e. The minimum atomic E-state index is -0.627. The van der Waals surface area contributed by atoms with Crippen LogP contribution in [-0.2, 0) is 6.61 Å². The molecule has 0 saturated heterocycles. The molecule has 0 aromatic carbocycles. The molecule has 1 aromatic heterocycles. The highest BCUT2D eigenvalue weighted by atomic mass is 79.9. The summed E-state index contributed by atoms with van der Waals surface area (Å²) in [7, 11) is 0. The molecule has 1 N–H and O–H groups in total. The molecule has 0 radical (unpaired) electrons. The zero-order chi connectivity index (χ0) is 9.14. The molecule has 12 heavy (non-hydrogen) atoms. The fraction of sp³-hybridized carbons (Fsp3) is 0.167. The Kier molecular flexibility index (Phi) is 2.72. The average molecular weight is 233 g/mol. The molecule has 0 aliphatic heterocycles. The van der Waals surface area contributed by atoms with E-state index in [1.54, 1.807) is 0 Å². The summed E-state index contributed by atoms with van der Waals surface area (Å²) >= 11 is 3.09. The van der Waals surface area contributed by atoms with E-state index in [1.165, 1.54) is 12.3 Å². The topological polar surface area (TPSA) is 76.3 Å². The summed E-state index contributed by atoms with van der Waals surface area (Å²) in [6, 6.07) is 1.46. The zero-order valence-corrected chi connectivity index (χ0v) is 7.48. The Labute approximate surface area is 76.3 Å². The molecule has 0 aliphatic rings. The summed E-state index contributed by atoms with van der Waals surface area (Å²) in [5, 5.41) is 19.0. The first-order chi connectivity index (χ1) is 5.65. The maximum Gasteiger partial charge on any atom is 0.369 e. The summed E-state index contributed by atoms with van der Waals surface area (Å²) in [6.07, 6.45) is 1.32. The van der Waals surface area contributed by atoms with Crippen molar-refractivity contribution < 1.29 is 10.0 Å². The molecule has 0 spiro atoms. The molecule has 0 bridgehead atoms. The van der Waals surface area contributed by atoms with Crippen molar-refractivity contribution in [2.24, 2.45) is 0 Å². The van der Waals surface area contributed by atoms with Crippen LogP contribution in [0, 0.1) is 10.1 Å². The second kappa shape index (κ2) is 3.59. The third-order valence-electron chi connectivity index (χ3n) is 1.25. The largest absolute Gasteiger partial charge is 0.391 e. The van der Waals surface area contributed by atoms with Gasteiger partial charge >= 0.3 is 5.82 Å². The van der Waals surface area contributed by atoms with Crippen molar-refractivity contribution in [3.8, 4) is 0 Å². The molecule has 1 aromatic rings. The quantitative estimate of drug-likeness (QED) is 0.615. The first-order valence-electron chi connectivity index (χ1n) is 3.05. The van der Waals surface area contributed by atoms with Crippen LogP contribution in [0.25, 0.3) is 0 Å². The number of rotatable bonds is 2. The van der Waals surface area contributed by atoms with Crippen LogP contribution in [0.2, 0.25) is 0 Å². The van der Waals surface area contributed by atoms with Gasteiger partial charge in [0, 0.05) is 0 Å². The number of pyridine rings is 1. The van der Waals surface area contributed by atoms with Crippen molar-refractivity contribution in [1.82, 2.24) is 4.98 Å². The van der Waals surface area contributed by atoms with E-state index in [0.717, 1.165) is 0 Å². The van der Waals surface area contributed by atoms with Gasteiger partial charge in [-0.05, 0) is 31.9 Å². The molecule has 64 valence electrons. The van der Waals surface area contributed by atoms with E-state index >= 15 is 0 Å². The van der Waals surface area contributed by atoms with Crippen LogP contribution >= 0.6 is 15.9 Å². The summed E-state index contributed by atoms with van der Waals surface area (Å²) in [5.41, 5.74) is 0.203. The minimum absolute atomic E-state index is 0.203. The molecule has 0 unspecified atom stereocenters. The molecule has 1 heterocycles. The van der Waals surface area contributed by atoms with Gasteiger partial charge in [0.1, 0.15) is 0 Å². The molecule has 1 rings (SSSR count). The fourth-order valence-electron chi connectivity index (χ4n) is 0.755. The molecule has 0 saturated carbocycles. The van der Waals surface area contributed by atoms with E-state index in [4.69, 9.17) is 5.11 Å². The van der Waals surface area contributed by atoms with Crippen molar-refractivity contribution in [1.29, 1.82) is 0 Å². The maximum absolute atomic E-state index is 10.3. The van der Waals surface area contributed by atoms with Gasteiger partial charge in [-0.15, -0.1) is 0 Å². The molecule has 0 fully saturated rings.